The van der Waals surface area contributed by atoms with Gasteiger partial charge in [0.15, 0.2) is 12.6 Å². The number of hydrogen-bond acceptors (Lipinski definition) is 3. The van der Waals surface area contributed by atoms with Gasteiger partial charge in [0.2, 0.25) is 5.91 Å². The lowest BCUT2D eigenvalue weighted by molar-refractivity contribution is -0.904. The first-order valence-corrected chi connectivity index (χ1v) is 10.2. The second kappa shape index (κ2) is 11.2. The predicted molar refractivity (Wildman–Crippen MR) is 118 cm³/mol. The van der Waals surface area contributed by atoms with Crippen molar-refractivity contribution in [3.05, 3.63) is 59.9 Å². The number of likely N-dealkylation sites (N-methyl/N-ethyl adjacent to an activating group) is 2. The molecule has 8 heteroatoms. The van der Waals surface area contributed by atoms with E-state index in [4.69, 9.17) is 0 Å². The summed E-state index contributed by atoms with van der Waals surface area (Å²) in [6.07, 6.45) is 0. The fourth-order valence-electron chi connectivity index (χ4n) is 3.33. The van der Waals surface area contributed by atoms with Crippen molar-refractivity contribution in [2.24, 2.45) is 0 Å². The number of carbonyl (C=O) groups is 3. The van der Waals surface area contributed by atoms with Gasteiger partial charge in [0.25, 0.3) is 11.8 Å². The van der Waals surface area contributed by atoms with E-state index in [2.05, 4.69) is 10.6 Å². The fourth-order valence-corrected chi connectivity index (χ4v) is 3.33. The Morgan fingerprint density at radius 3 is 2.23 bits per heavy atom. The van der Waals surface area contributed by atoms with Gasteiger partial charge in [0, 0.05) is 31.9 Å². The van der Waals surface area contributed by atoms with E-state index in [0.717, 1.165) is 4.90 Å². The second-order valence-corrected chi connectivity index (χ2v) is 7.54. The topological polar surface area (TPSA) is 83.0 Å². The highest BCUT2D eigenvalue weighted by Crippen LogP contribution is 2.13. The molecule has 0 saturated carbocycles. The molecule has 0 aliphatic rings. The van der Waals surface area contributed by atoms with Gasteiger partial charge >= 0.3 is 0 Å². The summed E-state index contributed by atoms with van der Waals surface area (Å²) in [4.78, 5) is 38.8. The fraction of sp³-hybridized carbons (Fsp3) is 0.348. The minimum Gasteiger partial charge on any atom is -0.336 e. The third kappa shape index (κ3) is 7.49. The number of nitrogens with zero attached hydrogens (tertiary/aromatic N) is 1. The third-order valence-electron chi connectivity index (χ3n) is 5.00. The Bertz CT molecular complexity index is 917. The van der Waals surface area contributed by atoms with Crippen LogP contribution in [-0.4, -0.2) is 48.8 Å². The van der Waals surface area contributed by atoms with E-state index in [1.165, 1.54) is 19.1 Å². The van der Waals surface area contributed by atoms with Gasteiger partial charge in [-0.3, -0.25) is 14.4 Å². The van der Waals surface area contributed by atoms with Gasteiger partial charge in [-0.1, -0.05) is 12.1 Å². The Labute approximate surface area is 182 Å². The van der Waals surface area contributed by atoms with Crippen molar-refractivity contribution < 1.29 is 23.7 Å². The molecule has 3 N–H and O–H groups in total. The van der Waals surface area contributed by atoms with Gasteiger partial charge in [0.05, 0.1) is 6.54 Å². The molecule has 0 radical (unpaired) electrons. The standard InChI is InChI=1S/C23H29FN4O3/c1-5-28(15-22(30)26-21-11-9-20(10-12-21)25-17(3)29)16(2)23(31)27(4)14-18-7-6-8-19(24)13-18/h6-13,16H,5,14-15H2,1-4H3,(H,25,29)(H,26,30)/p+1/t16-/m1/s1. The van der Waals surface area contributed by atoms with E-state index in [-0.39, 0.29) is 30.1 Å². The van der Waals surface area contributed by atoms with E-state index in [1.807, 2.05) is 6.92 Å². The second-order valence-electron chi connectivity index (χ2n) is 7.54. The highest BCUT2D eigenvalue weighted by Gasteiger charge is 2.28. The van der Waals surface area contributed by atoms with Gasteiger partial charge < -0.3 is 20.4 Å². The van der Waals surface area contributed by atoms with Crippen molar-refractivity contribution in [3.8, 4) is 0 Å². The van der Waals surface area contributed by atoms with E-state index in [1.54, 1.807) is 55.3 Å². The molecule has 0 saturated heterocycles. The Morgan fingerprint density at radius 2 is 1.68 bits per heavy atom. The lowest BCUT2D eigenvalue weighted by Gasteiger charge is -2.27. The summed E-state index contributed by atoms with van der Waals surface area (Å²) in [5, 5.41) is 5.48. The summed E-state index contributed by atoms with van der Waals surface area (Å²) < 4.78 is 13.4. The maximum absolute atomic E-state index is 13.4. The van der Waals surface area contributed by atoms with Crippen LogP contribution in [0.25, 0.3) is 0 Å². The number of rotatable bonds is 9. The van der Waals surface area contributed by atoms with E-state index in [0.29, 0.717) is 30.0 Å². The van der Waals surface area contributed by atoms with Gasteiger partial charge in [-0.05, 0) is 55.8 Å². The summed E-state index contributed by atoms with van der Waals surface area (Å²) >= 11 is 0. The molecule has 3 amide bonds. The van der Waals surface area contributed by atoms with Crippen LogP contribution in [0.2, 0.25) is 0 Å². The van der Waals surface area contributed by atoms with E-state index in [9.17, 15) is 18.8 Å². The molecule has 2 atom stereocenters. The Kier molecular flexibility index (Phi) is 8.69. The molecule has 1 unspecified atom stereocenters. The Balaban J connectivity index is 1.93. The largest absolute Gasteiger partial charge is 0.336 e. The van der Waals surface area contributed by atoms with Crippen LogP contribution in [0.4, 0.5) is 15.8 Å². The molecular weight excluding hydrogens is 399 g/mol. The number of quaternary nitrogens is 1. The van der Waals surface area contributed by atoms with Crippen molar-refractivity contribution in [2.45, 2.75) is 33.4 Å². The molecule has 166 valence electrons. The quantitative estimate of drug-likeness (QED) is 0.567. The summed E-state index contributed by atoms with van der Waals surface area (Å²) in [6.45, 7) is 6.15. The lowest BCUT2D eigenvalue weighted by Crippen LogP contribution is -3.17. The molecule has 31 heavy (non-hydrogen) atoms. The zero-order valence-electron chi connectivity index (χ0n) is 18.4. The van der Waals surface area contributed by atoms with Crippen LogP contribution in [0.3, 0.4) is 0 Å². The van der Waals surface area contributed by atoms with Gasteiger partial charge in [-0.15, -0.1) is 0 Å². The number of anilines is 2. The van der Waals surface area contributed by atoms with Crippen molar-refractivity contribution in [1.29, 1.82) is 0 Å². The molecule has 2 rings (SSSR count). The first-order chi connectivity index (χ1) is 14.7. The van der Waals surface area contributed by atoms with Crippen LogP contribution < -0.4 is 15.5 Å². The van der Waals surface area contributed by atoms with Crippen LogP contribution >= 0.6 is 0 Å². The third-order valence-corrected chi connectivity index (χ3v) is 5.00. The van der Waals surface area contributed by atoms with Crippen LogP contribution in [0.5, 0.6) is 0 Å². The van der Waals surface area contributed by atoms with E-state index >= 15 is 0 Å². The molecule has 0 spiro atoms. The maximum Gasteiger partial charge on any atom is 0.280 e. The summed E-state index contributed by atoms with van der Waals surface area (Å²) in [7, 11) is 1.67. The highest BCUT2D eigenvalue weighted by molar-refractivity contribution is 5.93. The number of halogens is 1. The molecule has 2 aromatic rings. The van der Waals surface area contributed by atoms with Crippen molar-refractivity contribution in [2.75, 3.05) is 30.8 Å². The van der Waals surface area contributed by atoms with Crippen LogP contribution in [0, 0.1) is 5.82 Å². The zero-order valence-corrected chi connectivity index (χ0v) is 18.4. The van der Waals surface area contributed by atoms with Crippen LogP contribution in [-0.2, 0) is 20.9 Å². The van der Waals surface area contributed by atoms with Gasteiger partial charge in [0.1, 0.15) is 5.82 Å². The van der Waals surface area contributed by atoms with Crippen molar-refractivity contribution in [3.63, 3.8) is 0 Å². The number of carbonyl (C=O) groups excluding carboxylic acids is 3. The maximum atomic E-state index is 13.4. The SMILES string of the molecule is CC[NH+](CC(=O)Nc1ccc(NC(C)=O)cc1)[C@H](C)C(=O)N(C)Cc1cccc(F)c1. The molecule has 2 aromatic carbocycles. The van der Waals surface area contributed by atoms with Crippen LogP contribution in [0.1, 0.15) is 26.3 Å². The Hall–Kier alpha value is -3.26. The summed E-state index contributed by atoms with van der Waals surface area (Å²) in [5.74, 6) is -0.834. The first kappa shape index (κ1) is 24.0. The normalized spacial score (nSPS) is 12.5. The minimum atomic E-state index is -0.434. The minimum absolute atomic E-state index is 0.117. The molecule has 0 heterocycles. The zero-order chi connectivity index (χ0) is 23.0. The highest BCUT2D eigenvalue weighted by atomic mass is 19.1. The van der Waals surface area contributed by atoms with Crippen molar-refractivity contribution >= 4 is 29.1 Å². The molecule has 0 bridgehead atoms. The smallest absolute Gasteiger partial charge is 0.280 e. The summed E-state index contributed by atoms with van der Waals surface area (Å²) in [6, 6.07) is 12.5. The van der Waals surface area contributed by atoms with Gasteiger partial charge in [-0.25, -0.2) is 4.39 Å². The number of nitrogens with one attached hydrogen (secondary N) is 3. The average molecular weight is 430 g/mol. The van der Waals surface area contributed by atoms with Crippen LogP contribution in [0.15, 0.2) is 48.5 Å². The number of hydrogen-bond donors (Lipinski definition) is 3. The first-order valence-electron chi connectivity index (χ1n) is 10.2. The Morgan fingerprint density at radius 1 is 1.06 bits per heavy atom. The number of amides is 3. The lowest BCUT2D eigenvalue weighted by atomic mass is 10.2. The predicted octanol–water partition coefficient (Wildman–Crippen LogP) is 1.67. The van der Waals surface area contributed by atoms with Gasteiger partial charge in [-0.2, -0.15) is 0 Å². The molecule has 0 aliphatic carbocycles. The van der Waals surface area contributed by atoms with E-state index < -0.39 is 6.04 Å². The molecular formula is C23H30FN4O3+. The number of benzene rings is 2. The van der Waals surface area contributed by atoms with Crippen molar-refractivity contribution in [1.82, 2.24) is 4.90 Å². The monoisotopic (exact) mass is 429 g/mol. The molecule has 0 aromatic heterocycles. The summed E-state index contributed by atoms with van der Waals surface area (Å²) in [5.41, 5.74) is 1.96. The molecule has 0 aliphatic heterocycles. The molecule has 7 nitrogen and oxygen atoms in total. The average Bonchev–Trinajstić information content (AvgIpc) is 2.72. The molecule has 0 fully saturated rings.